The number of nitrogens with one attached hydrogen (secondary N) is 1. The molecule has 18 heavy (non-hydrogen) atoms. The van der Waals surface area contributed by atoms with Crippen molar-refractivity contribution >= 4 is 21.6 Å². The average Bonchev–Trinajstić information content (AvgIpc) is 2.54. The van der Waals surface area contributed by atoms with Crippen LogP contribution in [-0.4, -0.2) is 12.1 Å². The molecule has 0 atom stereocenters. The fourth-order valence-electron chi connectivity index (χ4n) is 2.90. The summed E-state index contributed by atoms with van der Waals surface area (Å²) in [5, 5.41) is 3.71. The minimum atomic E-state index is 0.101. The average molecular weight is 311 g/mol. The minimum absolute atomic E-state index is 0.101. The number of halogens is 1. The zero-order valence-corrected chi connectivity index (χ0v) is 12.7. The van der Waals surface area contributed by atoms with Crippen LogP contribution in [0, 0.1) is 6.92 Å². The number of anilines is 1. The Morgan fingerprint density at radius 2 is 1.83 bits per heavy atom. The zero-order valence-electron chi connectivity index (χ0n) is 11.1. The van der Waals surface area contributed by atoms with Gasteiger partial charge in [-0.3, -0.25) is 0 Å². The van der Waals surface area contributed by atoms with E-state index >= 15 is 0 Å². The molecule has 0 unspecified atom stereocenters. The molecule has 1 fully saturated rings. The molecule has 2 rings (SSSR count). The van der Waals surface area contributed by atoms with E-state index in [9.17, 15) is 0 Å². The SMILES string of the molecule is Cc1cc(Br)cc(NC2(CN)CCCCCC2)c1. The maximum absolute atomic E-state index is 6.06. The van der Waals surface area contributed by atoms with E-state index in [0.29, 0.717) is 0 Å². The third-order valence-corrected chi connectivity index (χ3v) is 4.36. The molecular weight excluding hydrogens is 288 g/mol. The first kappa shape index (κ1) is 13.9. The van der Waals surface area contributed by atoms with Gasteiger partial charge in [-0.25, -0.2) is 0 Å². The summed E-state index contributed by atoms with van der Waals surface area (Å²) in [6, 6.07) is 6.48. The highest BCUT2D eigenvalue weighted by Crippen LogP contribution is 2.31. The van der Waals surface area contributed by atoms with Crippen LogP contribution >= 0.6 is 15.9 Å². The van der Waals surface area contributed by atoms with E-state index in [1.165, 1.54) is 49.8 Å². The number of nitrogens with two attached hydrogens (primary N) is 1. The molecule has 1 aromatic rings. The highest BCUT2D eigenvalue weighted by Gasteiger charge is 2.29. The summed E-state index contributed by atoms with van der Waals surface area (Å²) in [5.74, 6) is 0. The van der Waals surface area contributed by atoms with Gasteiger partial charge < -0.3 is 11.1 Å². The summed E-state index contributed by atoms with van der Waals surface area (Å²) >= 11 is 3.56. The van der Waals surface area contributed by atoms with Gasteiger partial charge >= 0.3 is 0 Å². The Kier molecular flexibility index (Phi) is 4.68. The van der Waals surface area contributed by atoms with Crippen LogP contribution in [0.3, 0.4) is 0 Å². The monoisotopic (exact) mass is 310 g/mol. The maximum atomic E-state index is 6.06. The van der Waals surface area contributed by atoms with Gasteiger partial charge in [0, 0.05) is 22.2 Å². The molecular formula is C15H23BrN2. The molecule has 0 bridgehead atoms. The topological polar surface area (TPSA) is 38.0 Å². The molecule has 0 amide bonds. The maximum Gasteiger partial charge on any atom is 0.0495 e. The molecule has 3 N–H and O–H groups in total. The molecule has 0 aliphatic heterocycles. The lowest BCUT2D eigenvalue weighted by atomic mass is 9.90. The molecule has 1 aliphatic rings. The molecule has 0 heterocycles. The smallest absolute Gasteiger partial charge is 0.0495 e. The molecule has 3 heteroatoms. The van der Waals surface area contributed by atoms with Gasteiger partial charge in [-0.1, -0.05) is 41.6 Å². The zero-order chi connectivity index (χ0) is 13.0. The minimum Gasteiger partial charge on any atom is -0.378 e. The molecule has 0 aromatic heterocycles. The van der Waals surface area contributed by atoms with Crippen LogP contribution in [0.4, 0.5) is 5.69 Å². The van der Waals surface area contributed by atoms with Crippen molar-refractivity contribution in [3.05, 3.63) is 28.2 Å². The highest BCUT2D eigenvalue weighted by molar-refractivity contribution is 9.10. The Morgan fingerprint density at radius 1 is 1.17 bits per heavy atom. The van der Waals surface area contributed by atoms with Crippen molar-refractivity contribution < 1.29 is 0 Å². The van der Waals surface area contributed by atoms with Gasteiger partial charge in [-0.15, -0.1) is 0 Å². The van der Waals surface area contributed by atoms with Crippen molar-refractivity contribution in [2.24, 2.45) is 5.73 Å². The van der Waals surface area contributed by atoms with Gasteiger partial charge in [0.05, 0.1) is 0 Å². The number of hydrogen-bond acceptors (Lipinski definition) is 2. The molecule has 1 aliphatic carbocycles. The third-order valence-electron chi connectivity index (χ3n) is 3.90. The molecule has 0 saturated heterocycles. The van der Waals surface area contributed by atoms with Crippen LogP contribution in [0.5, 0.6) is 0 Å². The van der Waals surface area contributed by atoms with Crippen molar-refractivity contribution in [2.75, 3.05) is 11.9 Å². The van der Waals surface area contributed by atoms with Crippen LogP contribution in [0.1, 0.15) is 44.1 Å². The summed E-state index contributed by atoms with van der Waals surface area (Å²) in [6.07, 6.45) is 7.65. The number of aryl methyl sites for hydroxylation is 1. The van der Waals surface area contributed by atoms with E-state index in [4.69, 9.17) is 5.73 Å². The second-order valence-electron chi connectivity index (χ2n) is 5.54. The van der Waals surface area contributed by atoms with E-state index in [1.54, 1.807) is 0 Å². The first-order chi connectivity index (χ1) is 8.63. The largest absolute Gasteiger partial charge is 0.378 e. The van der Waals surface area contributed by atoms with Crippen molar-refractivity contribution in [3.63, 3.8) is 0 Å². The van der Waals surface area contributed by atoms with Gasteiger partial charge in [0.15, 0.2) is 0 Å². The fraction of sp³-hybridized carbons (Fsp3) is 0.600. The standard InChI is InChI=1S/C15H23BrN2/c1-12-8-13(16)10-14(9-12)18-15(11-17)6-4-2-3-5-7-15/h8-10,18H,2-7,11,17H2,1H3. The fourth-order valence-corrected chi connectivity index (χ4v) is 3.51. The second-order valence-corrected chi connectivity index (χ2v) is 6.46. The van der Waals surface area contributed by atoms with Crippen LogP contribution in [0.25, 0.3) is 0 Å². The summed E-state index contributed by atoms with van der Waals surface area (Å²) in [6.45, 7) is 2.84. The van der Waals surface area contributed by atoms with Crippen LogP contribution < -0.4 is 11.1 Å². The van der Waals surface area contributed by atoms with Crippen LogP contribution in [-0.2, 0) is 0 Å². The Morgan fingerprint density at radius 3 is 2.39 bits per heavy atom. The molecule has 2 nitrogen and oxygen atoms in total. The van der Waals surface area contributed by atoms with E-state index in [1.807, 2.05) is 0 Å². The van der Waals surface area contributed by atoms with Gasteiger partial charge in [0.1, 0.15) is 0 Å². The van der Waals surface area contributed by atoms with Gasteiger partial charge in [-0.2, -0.15) is 0 Å². The number of benzene rings is 1. The van der Waals surface area contributed by atoms with Crippen LogP contribution in [0.15, 0.2) is 22.7 Å². The van der Waals surface area contributed by atoms with Crippen molar-refractivity contribution in [2.45, 2.75) is 51.0 Å². The Balaban J connectivity index is 2.17. The third kappa shape index (κ3) is 3.48. The Hall–Kier alpha value is -0.540. The number of rotatable bonds is 3. The summed E-state index contributed by atoms with van der Waals surface area (Å²) in [5.41, 5.74) is 8.62. The van der Waals surface area contributed by atoms with Gasteiger partial charge in [0.25, 0.3) is 0 Å². The molecule has 0 spiro atoms. The highest BCUT2D eigenvalue weighted by atomic mass is 79.9. The number of hydrogen-bond donors (Lipinski definition) is 2. The predicted molar refractivity (Wildman–Crippen MR) is 82.0 cm³/mol. The molecule has 100 valence electrons. The van der Waals surface area contributed by atoms with Crippen molar-refractivity contribution in [1.29, 1.82) is 0 Å². The summed E-state index contributed by atoms with van der Waals surface area (Å²) in [4.78, 5) is 0. The van der Waals surface area contributed by atoms with Crippen LogP contribution in [0.2, 0.25) is 0 Å². The first-order valence-electron chi connectivity index (χ1n) is 6.89. The Labute approximate surface area is 118 Å². The lowest BCUT2D eigenvalue weighted by molar-refractivity contribution is 0.418. The summed E-state index contributed by atoms with van der Waals surface area (Å²) in [7, 11) is 0. The normalized spacial score (nSPS) is 19.3. The van der Waals surface area contributed by atoms with Crippen molar-refractivity contribution in [3.8, 4) is 0 Å². The Bertz CT molecular complexity index is 375. The predicted octanol–water partition coefficient (Wildman–Crippen LogP) is 4.22. The molecule has 1 saturated carbocycles. The van der Waals surface area contributed by atoms with E-state index in [-0.39, 0.29) is 5.54 Å². The quantitative estimate of drug-likeness (QED) is 0.820. The van der Waals surface area contributed by atoms with Gasteiger partial charge in [0.2, 0.25) is 0 Å². The molecule has 1 aromatic carbocycles. The van der Waals surface area contributed by atoms with E-state index in [0.717, 1.165) is 11.0 Å². The van der Waals surface area contributed by atoms with E-state index < -0.39 is 0 Å². The van der Waals surface area contributed by atoms with Crippen molar-refractivity contribution in [1.82, 2.24) is 0 Å². The lowest BCUT2D eigenvalue weighted by Crippen LogP contribution is -2.45. The molecule has 0 radical (unpaired) electrons. The van der Waals surface area contributed by atoms with Gasteiger partial charge in [-0.05, 0) is 43.5 Å². The lowest BCUT2D eigenvalue weighted by Gasteiger charge is -2.34. The second kappa shape index (κ2) is 6.07. The van der Waals surface area contributed by atoms with E-state index in [2.05, 4.69) is 46.4 Å². The first-order valence-corrected chi connectivity index (χ1v) is 7.68. The summed E-state index contributed by atoms with van der Waals surface area (Å²) < 4.78 is 1.13.